The third-order valence-electron chi connectivity index (χ3n) is 9.35. The van der Waals surface area contributed by atoms with Crippen LogP contribution in [0.1, 0.15) is 181 Å². The minimum Gasteiger partial charge on any atom is -0.756 e. The Morgan fingerprint density at radius 2 is 1.14 bits per heavy atom. The minimum atomic E-state index is -4.66. The molecule has 0 aliphatic rings. The van der Waals surface area contributed by atoms with Gasteiger partial charge in [-0.3, -0.25) is 9.36 Å². The van der Waals surface area contributed by atoms with Crippen LogP contribution in [0.15, 0.2) is 12.2 Å². The Morgan fingerprint density at radius 3 is 1.62 bits per heavy atom. The number of carbonyl (C=O) groups is 1. The summed E-state index contributed by atoms with van der Waals surface area (Å²) in [4.78, 5) is 25.3. The summed E-state index contributed by atoms with van der Waals surface area (Å²) >= 11 is 0. The van der Waals surface area contributed by atoms with Gasteiger partial charge in [-0.1, -0.05) is 148 Å². The number of likely N-dealkylation sites (N-methyl/N-ethyl adjacent to an activating group) is 1. The van der Waals surface area contributed by atoms with E-state index in [1.54, 1.807) is 0 Å². The van der Waals surface area contributed by atoms with E-state index in [-0.39, 0.29) is 18.9 Å². The predicted molar refractivity (Wildman–Crippen MR) is 207 cm³/mol. The molecule has 0 aliphatic carbocycles. The summed E-state index contributed by atoms with van der Waals surface area (Å²) in [6, 6.07) is -1.08. The Balaban J connectivity index is 4.59. The summed E-state index contributed by atoms with van der Waals surface area (Å²) < 4.78 is 23.1. The Bertz CT molecular complexity index is 852. The zero-order chi connectivity index (χ0) is 37.4. The van der Waals surface area contributed by atoms with Crippen molar-refractivity contribution in [2.24, 2.45) is 0 Å². The van der Waals surface area contributed by atoms with Gasteiger partial charge in [-0.2, -0.15) is 0 Å². The fraction of sp³-hybridized carbons (Fsp3) is 0.925. The van der Waals surface area contributed by atoms with Crippen LogP contribution in [0.3, 0.4) is 0 Å². The molecule has 3 N–H and O–H groups in total. The van der Waals surface area contributed by atoms with Crippen LogP contribution in [0.25, 0.3) is 0 Å². The molecule has 4 unspecified atom stereocenters. The van der Waals surface area contributed by atoms with Crippen LogP contribution >= 0.6 is 7.82 Å². The van der Waals surface area contributed by atoms with Crippen LogP contribution in [0.4, 0.5) is 0 Å². The van der Waals surface area contributed by atoms with Crippen LogP contribution in [0, 0.1) is 0 Å². The van der Waals surface area contributed by atoms with Crippen molar-refractivity contribution in [3.8, 4) is 0 Å². The summed E-state index contributed by atoms with van der Waals surface area (Å²) in [5.74, 6) is -0.288. The number of phosphoric ester groups is 1. The monoisotopic (exact) mass is 733 g/mol. The number of allylic oxidation sites excluding steroid dienone is 2. The number of aliphatic hydroxyl groups excluding tert-OH is 2. The number of phosphoric acid groups is 1. The second-order valence-corrected chi connectivity index (χ2v) is 16.9. The molecule has 4 atom stereocenters. The quantitative estimate of drug-likeness (QED) is 0.0252. The van der Waals surface area contributed by atoms with Crippen molar-refractivity contribution in [3.05, 3.63) is 12.2 Å². The topological polar surface area (TPSA) is 128 Å². The van der Waals surface area contributed by atoms with Crippen molar-refractivity contribution in [2.45, 2.75) is 199 Å². The number of amides is 1. The van der Waals surface area contributed by atoms with E-state index in [2.05, 4.69) is 31.3 Å². The van der Waals surface area contributed by atoms with Crippen molar-refractivity contribution in [3.63, 3.8) is 0 Å². The number of rotatable bonds is 37. The van der Waals surface area contributed by atoms with Crippen LogP contribution in [-0.4, -0.2) is 79.8 Å². The molecule has 298 valence electrons. The van der Waals surface area contributed by atoms with Gasteiger partial charge in [0.1, 0.15) is 19.3 Å². The molecule has 0 saturated heterocycles. The molecule has 9 nitrogen and oxygen atoms in total. The molecule has 0 aromatic rings. The maximum absolute atomic E-state index is 12.8. The van der Waals surface area contributed by atoms with Gasteiger partial charge in [-0.05, 0) is 38.5 Å². The number of aliphatic hydroxyl groups is 2. The van der Waals surface area contributed by atoms with E-state index in [1.807, 2.05) is 21.1 Å². The molecule has 10 heteroatoms. The zero-order valence-corrected chi connectivity index (χ0v) is 34.1. The number of hydrogen-bond acceptors (Lipinski definition) is 7. The predicted octanol–water partition coefficient (Wildman–Crippen LogP) is 9.14. The summed E-state index contributed by atoms with van der Waals surface area (Å²) in [6.45, 7) is 4.40. The number of nitrogens with one attached hydrogen (secondary N) is 1. The molecule has 0 heterocycles. The molecule has 0 spiro atoms. The Morgan fingerprint density at radius 1 is 0.700 bits per heavy atom. The summed E-state index contributed by atoms with van der Waals surface area (Å²) in [6.07, 6.45) is 31.0. The fourth-order valence-electron chi connectivity index (χ4n) is 5.96. The first-order chi connectivity index (χ1) is 23.9. The highest BCUT2D eigenvalue weighted by molar-refractivity contribution is 7.45. The molecule has 0 saturated carbocycles. The molecule has 1 amide bonds. The second-order valence-electron chi connectivity index (χ2n) is 15.5. The van der Waals surface area contributed by atoms with E-state index >= 15 is 0 Å². The van der Waals surface area contributed by atoms with Crippen LogP contribution < -0.4 is 10.2 Å². The van der Waals surface area contributed by atoms with Gasteiger partial charge in [0.25, 0.3) is 7.82 Å². The van der Waals surface area contributed by atoms with Crippen molar-refractivity contribution in [1.29, 1.82) is 0 Å². The summed E-state index contributed by atoms with van der Waals surface area (Å²) in [5.41, 5.74) is 0. The Labute approximate surface area is 308 Å². The van der Waals surface area contributed by atoms with E-state index < -0.39 is 32.7 Å². The van der Waals surface area contributed by atoms with Gasteiger partial charge in [0.2, 0.25) is 5.91 Å². The second kappa shape index (κ2) is 32.8. The van der Waals surface area contributed by atoms with Crippen LogP contribution in [-0.2, 0) is 18.4 Å². The van der Waals surface area contributed by atoms with Crippen molar-refractivity contribution < 1.29 is 38.0 Å². The first-order valence-corrected chi connectivity index (χ1v) is 22.1. The molecule has 0 fully saturated rings. The lowest BCUT2D eigenvalue weighted by molar-refractivity contribution is -0.870. The maximum Gasteiger partial charge on any atom is 0.268 e. The first-order valence-electron chi connectivity index (χ1n) is 20.6. The lowest BCUT2D eigenvalue weighted by Crippen LogP contribution is -2.51. The van der Waals surface area contributed by atoms with Crippen molar-refractivity contribution in [2.75, 3.05) is 40.9 Å². The maximum atomic E-state index is 12.8. The largest absolute Gasteiger partial charge is 0.756 e. The molecule has 0 rings (SSSR count). The number of carbonyl (C=O) groups excluding carboxylic acids is 1. The van der Waals surface area contributed by atoms with Gasteiger partial charge < -0.3 is 34.0 Å². The SMILES string of the molecule is CCCCCCCCC/C=C/CCCC(O)C(O)C(COP(=O)([O-])OCC[N+](C)(C)C)NC(=O)CCCCCCCCCCCCCCCC. The number of unbranched alkanes of at least 4 members (excludes halogenated alkanes) is 21. The molecule has 0 aromatic carbocycles. The van der Waals surface area contributed by atoms with Crippen LogP contribution in [0.2, 0.25) is 0 Å². The van der Waals surface area contributed by atoms with Gasteiger partial charge >= 0.3 is 0 Å². The number of quaternary nitrogens is 1. The van der Waals surface area contributed by atoms with Crippen LogP contribution in [0.5, 0.6) is 0 Å². The number of nitrogens with zero attached hydrogens (tertiary/aromatic N) is 1. The average Bonchev–Trinajstić information content (AvgIpc) is 3.06. The standard InChI is InChI=1S/C40H81N2O7P/c1-6-8-10-12-14-16-18-20-21-23-25-27-29-31-33-39(44)41-37(36-49-50(46,47)48-35-34-42(3,4)5)40(45)38(43)32-30-28-26-24-22-19-17-15-13-11-9-7-2/h24,26,37-38,40,43,45H,6-23,25,27-36H2,1-5H3,(H-,41,44,46,47)/b26-24+. The molecular weight excluding hydrogens is 651 g/mol. The molecule has 50 heavy (non-hydrogen) atoms. The number of hydrogen-bond donors (Lipinski definition) is 3. The average molecular weight is 733 g/mol. The Kier molecular flexibility index (Phi) is 32.3. The Hall–Kier alpha value is -0.800. The van der Waals surface area contributed by atoms with E-state index in [0.29, 0.717) is 23.9 Å². The molecule has 0 radical (unpaired) electrons. The van der Waals surface area contributed by atoms with Crippen molar-refractivity contribution >= 4 is 13.7 Å². The van der Waals surface area contributed by atoms with Gasteiger partial charge in [0.05, 0.1) is 39.9 Å². The summed E-state index contributed by atoms with van der Waals surface area (Å²) in [5, 5.41) is 24.5. The lowest BCUT2D eigenvalue weighted by atomic mass is 10.0. The van der Waals surface area contributed by atoms with E-state index in [0.717, 1.165) is 32.1 Å². The minimum absolute atomic E-state index is 0.0436. The molecule has 0 bridgehead atoms. The van der Waals surface area contributed by atoms with Gasteiger partial charge in [0.15, 0.2) is 0 Å². The third-order valence-corrected chi connectivity index (χ3v) is 10.3. The highest BCUT2D eigenvalue weighted by Crippen LogP contribution is 2.38. The van der Waals surface area contributed by atoms with E-state index in [9.17, 15) is 24.5 Å². The highest BCUT2D eigenvalue weighted by atomic mass is 31.2. The third kappa shape index (κ3) is 33.1. The van der Waals surface area contributed by atoms with Gasteiger partial charge in [0, 0.05) is 6.42 Å². The molecule has 0 aromatic heterocycles. The first kappa shape index (κ1) is 49.2. The van der Waals surface area contributed by atoms with E-state index in [4.69, 9.17) is 9.05 Å². The zero-order valence-electron chi connectivity index (χ0n) is 33.2. The van der Waals surface area contributed by atoms with Gasteiger partial charge in [-0.25, -0.2) is 0 Å². The lowest BCUT2D eigenvalue weighted by Gasteiger charge is -2.31. The van der Waals surface area contributed by atoms with Gasteiger partial charge in [-0.15, -0.1) is 0 Å². The van der Waals surface area contributed by atoms with E-state index in [1.165, 1.54) is 116 Å². The summed E-state index contributed by atoms with van der Waals surface area (Å²) in [7, 11) is 1.11. The fourth-order valence-corrected chi connectivity index (χ4v) is 6.68. The van der Waals surface area contributed by atoms with Crippen molar-refractivity contribution in [1.82, 2.24) is 5.32 Å². The smallest absolute Gasteiger partial charge is 0.268 e. The molecular formula is C40H81N2O7P. The highest BCUT2D eigenvalue weighted by Gasteiger charge is 2.29. The molecule has 0 aliphatic heterocycles. The normalized spacial score (nSPS) is 15.3.